The zero-order chi connectivity index (χ0) is 12.5. The Morgan fingerprint density at radius 1 is 1.28 bits per heavy atom. The maximum Gasteiger partial charge on any atom is 0.307 e. The Labute approximate surface area is 109 Å². The third kappa shape index (κ3) is 2.01. The fourth-order valence-corrected chi connectivity index (χ4v) is 3.94. The molecule has 0 bridgehead atoms. The summed E-state index contributed by atoms with van der Waals surface area (Å²) in [6, 6.07) is 8.02. The normalized spacial score (nSPS) is 24.2. The van der Waals surface area contributed by atoms with E-state index >= 15 is 0 Å². The SMILES string of the molecule is O=C(O)[C@H]1CCCC[C@@H]1c1nc2ccccc2s1. The summed E-state index contributed by atoms with van der Waals surface area (Å²) in [4.78, 5) is 16.0. The number of benzene rings is 1. The van der Waals surface area contributed by atoms with Gasteiger partial charge in [0, 0.05) is 5.92 Å². The average molecular weight is 261 g/mol. The van der Waals surface area contributed by atoms with Gasteiger partial charge in [-0.25, -0.2) is 4.98 Å². The maximum atomic E-state index is 11.3. The summed E-state index contributed by atoms with van der Waals surface area (Å²) in [7, 11) is 0. The molecule has 0 unspecified atom stereocenters. The Balaban J connectivity index is 1.98. The average Bonchev–Trinajstić information content (AvgIpc) is 2.82. The highest BCUT2D eigenvalue weighted by atomic mass is 32.1. The van der Waals surface area contributed by atoms with Gasteiger partial charge in [0.15, 0.2) is 0 Å². The van der Waals surface area contributed by atoms with Gasteiger partial charge in [0.25, 0.3) is 0 Å². The Bertz CT molecular complexity index is 545. The molecule has 0 aliphatic heterocycles. The van der Waals surface area contributed by atoms with Gasteiger partial charge in [0.2, 0.25) is 0 Å². The molecular weight excluding hydrogens is 246 g/mol. The highest BCUT2D eigenvalue weighted by Gasteiger charge is 2.33. The molecular formula is C14H15NO2S. The van der Waals surface area contributed by atoms with E-state index in [0.29, 0.717) is 0 Å². The Hall–Kier alpha value is -1.42. The van der Waals surface area contributed by atoms with Crippen molar-refractivity contribution < 1.29 is 9.90 Å². The molecule has 4 heteroatoms. The fourth-order valence-electron chi connectivity index (χ4n) is 2.77. The summed E-state index contributed by atoms with van der Waals surface area (Å²) in [5.41, 5.74) is 0.993. The second kappa shape index (κ2) is 4.69. The molecule has 0 radical (unpaired) electrons. The van der Waals surface area contributed by atoms with Crippen molar-refractivity contribution in [2.75, 3.05) is 0 Å². The van der Waals surface area contributed by atoms with Crippen LogP contribution in [0, 0.1) is 5.92 Å². The smallest absolute Gasteiger partial charge is 0.307 e. The summed E-state index contributed by atoms with van der Waals surface area (Å²) in [6.07, 6.45) is 3.88. The van der Waals surface area contributed by atoms with Gasteiger partial charge >= 0.3 is 5.97 Å². The van der Waals surface area contributed by atoms with Crippen molar-refractivity contribution in [3.05, 3.63) is 29.3 Å². The summed E-state index contributed by atoms with van der Waals surface area (Å²) in [5, 5.41) is 10.3. The number of rotatable bonds is 2. The number of para-hydroxylation sites is 1. The first kappa shape index (κ1) is 11.7. The largest absolute Gasteiger partial charge is 0.481 e. The van der Waals surface area contributed by atoms with Crippen molar-refractivity contribution in [3.8, 4) is 0 Å². The molecule has 1 aromatic carbocycles. The minimum atomic E-state index is -0.668. The Kier molecular flexibility index (Phi) is 3.04. The molecule has 1 aromatic heterocycles. The van der Waals surface area contributed by atoms with Crippen LogP contribution in [-0.2, 0) is 4.79 Å². The highest BCUT2D eigenvalue weighted by Crippen LogP contribution is 2.40. The number of hydrogen-bond donors (Lipinski definition) is 1. The van der Waals surface area contributed by atoms with E-state index < -0.39 is 5.97 Å². The van der Waals surface area contributed by atoms with Gasteiger partial charge in [-0.3, -0.25) is 4.79 Å². The number of thiazole rings is 1. The number of fused-ring (bicyclic) bond motifs is 1. The topological polar surface area (TPSA) is 50.2 Å². The monoisotopic (exact) mass is 261 g/mol. The van der Waals surface area contributed by atoms with E-state index in [1.807, 2.05) is 18.2 Å². The third-order valence-corrected chi connectivity index (χ3v) is 4.88. The van der Waals surface area contributed by atoms with Crippen molar-refractivity contribution in [1.29, 1.82) is 0 Å². The van der Waals surface area contributed by atoms with Gasteiger partial charge in [-0.2, -0.15) is 0 Å². The number of hydrogen-bond acceptors (Lipinski definition) is 3. The first-order valence-electron chi connectivity index (χ1n) is 6.34. The molecule has 0 saturated heterocycles. The second-order valence-electron chi connectivity index (χ2n) is 4.86. The zero-order valence-corrected chi connectivity index (χ0v) is 10.8. The Morgan fingerprint density at radius 3 is 2.83 bits per heavy atom. The lowest BCUT2D eigenvalue weighted by Crippen LogP contribution is -2.25. The van der Waals surface area contributed by atoms with E-state index in [9.17, 15) is 9.90 Å². The molecule has 0 amide bonds. The molecule has 1 aliphatic rings. The minimum Gasteiger partial charge on any atom is -0.481 e. The van der Waals surface area contributed by atoms with Crippen LogP contribution < -0.4 is 0 Å². The van der Waals surface area contributed by atoms with Crippen LogP contribution in [0.5, 0.6) is 0 Å². The maximum absolute atomic E-state index is 11.3. The van der Waals surface area contributed by atoms with Gasteiger partial charge in [-0.05, 0) is 25.0 Å². The molecule has 1 heterocycles. The van der Waals surface area contributed by atoms with Crippen LogP contribution >= 0.6 is 11.3 Å². The number of aliphatic carboxylic acids is 1. The highest BCUT2D eigenvalue weighted by molar-refractivity contribution is 7.18. The number of carboxylic acid groups (broad SMARTS) is 1. The third-order valence-electron chi connectivity index (χ3n) is 3.71. The second-order valence-corrected chi connectivity index (χ2v) is 5.92. The number of carbonyl (C=O) groups is 1. The number of aromatic nitrogens is 1. The van der Waals surface area contributed by atoms with Crippen LogP contribution in [0.3, 0.4) is 0 Å². The van der Waals surface area contributed by atoms with E-state index in [1.54, 1.807) is 11.3 Å². The van der Waals surface area contributed by atoms with Crippen molar-refractivity contribution in [2.45, 2.75) is 31.6 Å². The quantitative estimate of drug-likeness (QED) is 0.897. The van der Waals surface area contributed by atoms with Gasteiger partial charge in [-0.1, -0.05) is 25.0 Å². The van der Waals surface area contributed by atoms with E-state index in [4.69, 9.17) is 0 Å². The lowest BCUT2D eigenvalue weighted by atomic mass is 9.79. The van der Waals surface area contributed by atoms with Crippen LogP contribution in [0.1, 0.15) is 36.6 Å². The predicted octanol–water partition coefficient (Wildman–Crippen LogP) is 3.65. The number of carboxylic acids is 1. The van der Waals surface area contributed by atoms with Crippen LogP contribution in [0.2, 0.25) is 0 Å². The van der Waals surface area contributed by atoms with Gasteiger partial charge < -0.3 is 5.11 Å². The summed E-state index contributed by atoms with van der Waals surface area (Å²) < 4.78 is 1.15. The molecule has 2 atom stereocenters. The standard InChI is InChI=1S/C14H15NO2S/c16-14(17)10-6-2-1-5-9(10)13-15-11-7-3-4-8-12(11)18-13/h3-4,7-10H,1-2,5-6H2,(H,16,17)/t9-,10-/m0/s1. The van der Waals surface area contributed by atoms with E-state index in [2.05, 4.69) is 11.1 Å². The van der Waals surface area contributed by atoms with E-state index in [1.165, 1.54) is 0 Å². The minimum absolute atomic E-state index is 0.105. The lowest BCUT2D eigenvalue weighted by molar-refractivity contribution is -0.143. The van der Waals surface area contributed by atoms with Gasteiger partial charge in [-0.15, -0.1) is 11.3 Å². The molecule has 18 heavy (non-hydrogen) atoms. The van der Waals surface area contributed by atoms with Crippen LogP contribution in [0.25, 0.3) is 10.2 Å². The molecule has 1 fully saturated rings. The van der Waals surface area contributed by atoms with E-state index in [-0.39, 0.29) is 11.8 Å². The van der Waals surface area contributed by atoms with Crippen molar-refractivity contribution in [1.82, 2.24) is 4.98 Å². The van der Waals surface area contributed by atoms with Crippen LogP contribution in [0.4, 0.5) is 0 Å². The predicted molar refractivity (Wildman–Crippen MR) is 72.0 cm³/mol. The lowest BCUT2D eigenvalue weighted by Gasteiger charge is -2.26. The van der Waals surface area contributed by atoms with Gasteiger partial charge in [0.05, 0.1) is 21.1 Å². The fraction of sp³-hybridized carbons (Fsp3) is 0.429. The summed E-state index contributed by atoms with van der Waals surface area (Å²) >= 11 is 1.65. The summed E-state index contributed by atoms with van der Waals surface area (Å²) in [6.45, 7) is 0. The van der Waals surface area contributed by atoms with Crippen molar-refractivity contribution >= 4 is 27.5 Å². The zero-order valence-electron chi connectivity index (χ0n) is 10.0. The first-order valence-corrected chi connectivity index (χ1v) is 7.15. The molecule has 3 rings (SSSR count). The van der Waals surface area contributed by atoms with Crippen molar-refractivity contribution in [2.24, 2.45) is 5.92 Å². The van der Waals surface area contributed by atoms with E-state index in [0.717, 1.165) is 40.9 Å². The number of nitrogens with zero attached hydrogens (tertiary/aromatic N) is 1. The van der Waals surface area contributed by atoms with Crippen molar-refractivity contribution in [3.63, 3.8) is 0 Å². The molecule has 1 aliphatic carbocycles. The van der Waals surface area contributed by atoms with Gasteiger partial charge in [0.1, 0.15) is 0 Å². The van der Waals surface area contributed by atoms with Crippen LogP contribution in [0.15, 0.2) is 24.3 Å². The molecule has 94 valence electrons. The Morgan fingerprint density at radius 2 is 2.06 bits per heavy atom. The molecule has 0 spiro atoms. The summed E-state index contributed by atoms with van der Waals surface area (Å²) in [5.74, 6) is -0.813. The molecule has 3 nitrogen and oxygen atoms in total. The molecule has 1 N–H and O–H groups in total. The molecule has 1 saturated carbocycles. The van der Waals surface area contributed by atoms with Crippen LogP contribution in [-0.4, -0.2) is 16.1 Å². The molecule has 2 aromatic rings. The first-order chi connectivity index (χ1) is 8.75.